The first-order chi connectivity index (χ1) is 10.7. The summed E-state index contributed by atoms with van der Waals surface area (Å²) in [4.78, 5) is 0. The van der Waals surface area contributed by atoms with Gasteiger partial charge in [-0.3, -0.25) is 5.01 Å². The van der Waals surface area contributed by atoms with Gasteiger partial charge in [-0.2, -0.15) is 5.10 Å². The lowest BCUT2D eigenvalue weighted by Crippen LogP contribution is -2.33. The predicted molar refractivity (Wildman–Crippen MR) is 81.7 cm³/mol. The Morgan fingerprint density at radius 1 is 1.41 bits per heavy atom. The molecule has 0 aromatic heterocycles. The fourth-order valence-corrected chi connectivity index (χ4v) is 2.65. The second kappa shape index (κ2) is 6.29. The number of hydrogen-bond acceptors (Lipinski definition) is 5. The number of nitrogens with two attached hydrogens (primary N) is 1. The van der Waals surface area contributed by atoms with Crippen LogP contribution in [-0.4, -0.2) is 35.5 Å². The molecule has 0 radical (unpaired) electrons. The first-order valence-electron chi connectivity index (χ1n) is 7.19. The van der Waals surface area contributed by atoms with Gasteiger partial charge in [0.1, 0.15) is 17.3 Å². The van der Waals surface area contributed by atoms with Gasteiger partial charge in [-0.1, -0.05) is 6.08 Å². The molecule has 0 saturated heterocycles. The predicted octanol–water partition coefficient (Wildman–Crippen LogP) is 1.40. The summed E-state index contributed by atoms with van der Waals surface area (Å²) in [5, 5.41) is 15.2. The summed E-state index contributed by atoms with van der Waals surface area (Å²) in [6, 6.07) is 4.43. The minimum atomic E-state index is -0.330. The van der Waals surface area contributed by atoms with Crippen LogP contribution in [0.1, 0.15) is 5.56 Å². The summed E-state index contributed by atoms with van der Waals surface area (Å²) >= 11 is 0. The molecule has 1 aromatic carbocycles. The number of hydrazone groups is 1. The summed E-state index contributed by atoms with van der Waals surface area (Å²) < 4.78 is 19.1. The molecule has 0 saturated carbocycles. The number of allylic oxidation sites excluding steroid dienone is 1. The van der Waals surface area contributed by atoms with Crippen LogP contribution in [0.3, 0.4) is 0 Å². The second-order valence-electron chi connectivity index (χ2n) is 5.21. The maximum Gasteiger partial charge on any atom is 0.132 e. The molecule has 0 amide bonds. The van der Waals surface area contributed by atoms with Crippen LogP contribution < -0.4 is 10.5 Å². The van der Waals surface area contributed by atoms with E-state index in [4.69, 9.17) is 15.6 Å². The lowest BCUT2D eigenvalue weighted by Gasteiger charge is -2.26. The molecule has 2 unspecified atom stereocenters. The minimum Gasteiger partial charge on any atom is -0.457 e. The van der Waals surface area contributed by atoms with Gasteiger partial charge in [-0.25, -0.2) is 4.39 Å². The van der Waals surface area contributed by atoms with Crippen LogP contribution in [0.25, 0.3) is 0 Å². The van der Waals surface area contributed by atoms with Crippen LogP contribution in [0.5, 0.6) is 5.75 Å². The summed E-state index contributed by atoms with van der Waals surface area (Å²) in [6.45, 7) is 0.778. The van der Waals surface area contributed by atoms with Crippen LogP contribution >= 0.6 is 0 Å². The molecule has 0 bridgehead atoms. The van der Waals surface area contributed by atoms with E-state index in [2.05, 4.69) is 5.10 Å². The van der Waals surface area contributed by atoms with Crippen molar-refractivity contribution in [1.29, 1.82) is 0 Å². The summed E-state index contributed by atoms with van der Waals surface area (Å²) in [5.41, 5.74) is 6.25. The molecule has 6 heteroatoms. The highest BCUT2D eigenvalue weighted by Crippen LogP contribution is 2.28. The zero-order valence-electron chi connectivity index (χ0n) is 12.0. The number of nitrogens with zero attached hydrogens (tertiary/aromatic N) is 2. The van der Waals surface area contributed by atoms with E-state index < -0.39 is 0 Å². The van der Waals surface area contributed by atoms with Gasteiger partial charge in [0.2, 0.25) is 0 Å². The number of aliphatic hydroxyl groups excluding tert-OH is 1. The molecule has 3 N–H and O–H groups in total. The number of hydrogen-bond donors (Lipinski definition) is 2. The van der Waals surface area contributed by atoms with Crippen LogP contribution in [0, 0.1) is 11.7 Å². The quantitative estimate of drug-likeness (QED) is 0.862. The Hall–Kier alpha value is -2.18. The van der Waals surface area contributed by atoms with Crippen molar-refractivity contribution in [3.05, 3.63) is 53.6 Å². The Balaban J connectivity index is 1.75. The lowest BCUT2D eigenvalue weighted by molar-refractivity contribution is 0.181. The molecule has 1 heterocycles. The van der Waals surface area contributed by atoms with Crippen molar-refractivity contribution in [2.24, 2.45) is 16.8 Å². The zero-order valence-corrected chi connectivity index (χ0v) is 12.0. The molecular weight excluding hydrogens is 285 g/mol. The van der Waals surface area contributed by atoms with Crippen molar-refractivity contribution in [3.8, 4) is 5.75 Å². The highest BCUT2D eigenvalue weighted by Gasteiger charge is 2.29. The van der Waals surface area contributed by atoms with Gasteiger partial charge in [-0.15, -0.1) is 0 Å². The van der Waals surface area contributed by atoms with Crippen molar-refractivity contribution in [2.45, 2.75) is 12.6 Å². The maximum atomic E-state index is 13.2. The molecule has 3 rings (SSSR count). The van der Waals surface area contributed by atoms with Gasteiger partial charge in [0.25, 0.3) is 0 Å². The zero-order chi connectivity index (χ0) is 15.5. The molecule has 2 aliphatic rings. The van der Waals surface area contributed by atoms with E-state index in [1.165, 1.54) is 12.1 Å². The average Bonchev–Trinajstić information content (AvgIpc) is 2.92. The number of ether oxygens (including phenoxy) is 1. The van der Waals surface area contributed by atoms with E-state index in [9.17, 15) is 4.39 Å². The molecule has 1 aliphatic carbocycles. The number of benzene rings is 1. The Morgan fingerprint density at radius 3 is 3.05 bits per heavy atom. The van der Waals surface area contributed by atoms with E-state index in [0.717, 1.165) is 0 Å². The Labute approximate surface area is 128 Å². The van der Waals surface area contributed by atoms with Crippen molar-refractivity contribution in [1.82, 2.24) is 5.01 Å². The molecule has 2 atom stereocenters. The highest BCUT2D eigenvalue weighted by molar-refractivity contribution is 5.68. The number of halogens is 1. The third-order valence-electron chi connectivity index (χ3n) is 3.74. The second-order valence-corrected chi connectivity index (χ2v) is 5.21. The monoisotopic (exact) mass is 303 g/mol. The third kappa shape index (κ3) is 2.88. The standard InChI is InChI=1S/C16H18FN3O2/c17-13-1-4-16(11(7-13)9-18)22-14-2-3-15-12(8-14)10-19-20(15)5-6-21/h1-4,7-8,10,12,15,21H,5-6,9,18H2. The summed E-state index contributed by atoms with van der Waals surface area (Å²) in [6.07, 6.45) is 7.66. The highest BCUT2D eigenvalue weighted by atomic mass is 19.1. The molecular formula is C16H18FN3O2. The van der Waals surface area contributed by atoms with E-state index in [-0.39, 0.29) is 30.9 Å². The van der Waals surface area contributed by atoms with E-state index in [1.54, 1.807) is 6.07 Å². The van der Waals surface area contributed by atoms with Crippen molar-refractivity contribution >= 4 is 6.21 Å². The Kier molecular flexibility index (Phi) is 4.22. The normalized spacial score (nSPS) is 22.7. The Bertz CT molecular complexity index is 642. The van der Waals surface area contributed by atoms with Crippen LogP contribution in [-0.2, 0) is 6.54 Å². The van der Waals surface area contributed by atoms with E-state index in [1.807, 2.05) is 29.5 Å². The molecule has 0 fully saturated rings. The summed E-state index contributed by atoms with van der Waals surface area (Å²) in [7, 11) is 0. The lowest BCUT2D eigenvalue weighted by atomic mass is 9.96. The van der Waals surface area contributed by atoms with Gasteiger partial charge >= 0.3 is 0 Å². The van der Waals surface area contributed by atoms with Gasteiger partial charge in [0, 0.05) is 24.2 Å². The van der Waals surface area contributed by atoms with Gasteiger partial charge < -0.3 is 15.6 Å². The molecule has 0 spiro atoms. The number of aliphatic hydroxyl groups is 1. The van der Waals surface area contributed by atoms with Crippen LogP contribution in [0.2, 0.25) is 0 Å². The van der Waals surface area contributed by atoms with Gasteiger partial charge in [0.05, 0.1) is 19.2 Å². The molecule has 1 aromatic rings. The van der Waals surface area contributed by atoms with Crippen LogP contribution in [0.15, 0.2) is 47.3 Å². The Morgan fingerprint density at radius 2 is 2.27 bits per heavy atom. The number of β-amino-alcohol motifs (C(OH)–C–C–N with tert-alkyl or cyclic N) is 1. The van der Waals surface area contributed by atoms with Crippen LogP contribution in [0.4, 0.5) is 4.39 Å². The number of rotatable bonds is 5. The largest absolute Gasteiger partial charge is 0.457 e. The fraction of sp³-hybridized carbons (Fsp3) is 0.312. The van der Waals surface area contributed by atoms with E-state index >= 15 is 0 Å². The van der Waals surface area contributed by atoms with Crippen molar-refractivity contribution in [3.63, 3.8) is 0 Å². The van der Waals surface area contributed by atoms with Crippen molar-refractivity contribution in [2.75, 3.05) is 13.2 Å². The first-order valence-corrected chi connectivity index (χ1v) is 7.19. The smallest absolute Gasteiger partial charge is 0.132 e. The van der Waals surface area contributed by atoms with E-state index in [0.29, 0.717) is 23.6 Å². The average molecular weight is 303 g/mol. The minimum absolute atomic E-state index is 0.0664. The topological polar surface area (TPSA) is 71.1 Å². The first kappa shape index (κ1) is 14.7. The van der Waals surface area contributed by atoms with Gasteiger partial charge in [-0.05, 0) is 30.4 Å². The SMILES string of the molecule is NCc1cc(F)ccc1OC1=CC2C=NN(CCO)C2C=C1. The summed E-state index contributed by atoms with van der Waals surface area (Å²) in [5.74, 6) is 1.01. The molecule has 1 aliphatic heterocycles. The maximum absolute atomic E-state index is 13.2. The molecule has 22 heavy (non-hydrogen) atoms. The molecule has 5 nitrogen and oxygen atoms in total. The van der Waals surface area contributed by atoms with Gasteiger partial charge in [0.15, 0.2) is 0 Å². The third-order valence-corrected chi connectivity index (χ3v) is 3.74. The number of fused-ring (bicyclic) bond motifs is 1. The van der Waals surface area contributed by atoms with Crippen molar-refractivity contribution < 1.29 is 14.2 Å². The molecule has 116 valence electrons. The fourth-order valence-electron chi connectivity index (χ4n) is 2.65.